The van der Waals surface area contributed by atoms with Crippen LogP contribution in [0.3, 0.4) is 0 Å². The summed E-state index contributed by atoms with van der Waals surface area (Å²) >= 11 is 0. The first-order valence-corrected chi connectivity index (χ1v) is 19.1. The van der Waals surface area contributed by atoms with Crippen LogP contribution in [0.25, 0.3) is 106 Å². The first-order valence-electron chi connectivity index (χ1n) is 19.1. The Morgan fingerprint density at radius 3 is 1.33 bits per heavy atom. The maximum atomic E-state index is 5.58. The van der Waals surface area contributed by atoms with Crippen molar-refractivity contribution >= 4 is 77.5 Å². The summed E-state index contributed by atoms with van der Waals surface area (Å²) in [5.74, 6) is 3.26. The van der Waals surface area contributed by atoms with Crippen LogP contribution in [0.2, 0.25) is 0 Å². The van der Waals surface area contributed by atoms with E-state index < -0.39 is 0 Å². The maximum absolute atomic E-state index is 5.58. The molecule has 0 N–H and O–H groups in total. The average Bonchev–Trinajstić information content (AvgIpc) is 4.06. The molecule has 57 heavy (non-hydrogen) atoms. The molecule has 8 heteroatoms. The molecule has 6 aromatic heterocycles. The van der Waals surface area contributed by atoms with Crippen LogP contribution >= 0.6 is 0 Å². The fourth-order valence-corrected chi connectivity index (χ4v) is 9.13. The average molecular weight is 731 g/mol. The van der Waals surface area contributed by atoms with E-state index >= 15 is 0 Å². The van der Waals surface area contributed by atoms with E-state index in [1.54, 1.807) is 0 Å². The van der Waals surface area contributed by atoms with Gasteiger partial charge in [0.05, 0.1) is 60.9 Å². The number of rotatable bonds is 4. The zero-order valence-electron chi connectivity index (χ0n) is 30.4. The van der Waals surface area contributed by atoms with Gasteiger partial charge in [-0.1, -0.05) is 103 Å². The molecular weight excluding hydrogens is 701 g/mol. The lowest BCUT2D eigenvalue weighted by Gasteiger charge is -2.16. The van der Waals surface area contributed by atoms with Gasteiger partial charge in [0, 0.05) is 16.3 Å². The molecule has 0 bridgehead atoms. The highest BCUT2D eigenvalue weighted by Crippen LogP contribution is 2.38. The molecule has 0 saturated carbocycles. The normalized spacial score (nSPS) is 12.2. The summed E-state index contributed by atoms with van der Waals surface area (Å²) in [5.41, 5.74) is 13.6. The summed E-state index contributed by atoms with van der Waals surface area (Å²) in [6.45, 7) is 0. The Morgan fingerprint density at radius 1 is 0.316 bits per heavy atom. The number of hydrogen-bond acceptors (Lipinski definition) is 3. The van der Waals surface area contributed by atoms with Gasteiger partial charge in [-0.3, -0.25) is 22.5 Å². The molecule has 0 fully saturated rings. The highest BCUT2D eigenvalue weighted by atomic mass is 15.3. The Kier molecular flexibility index (Phi) is 6.01. The zero-order chi connectivity index (χ0) is 37.2. The summed E-state index contributed by atoms with van der Waals surface area (Å²) in [4.78, 5) is 16.1. The highest BCUT2D eigenvalue weighted by Gasteiger charge is 2.23. The van der Waals surface area contributed by atoms with Crippen LogP contribution in [-0.4, -0.2) is 37.5 Å². The topological polar surface area (TPSA) is 62.3 Å². The predicted molar refractivity (Wildman–Crippen MR) is 230 cm³/mol. The van der Waals surface area contributed by atoms with E-state index in [9.17, 15) is 0 Å². The summed E-state index contributed by atoms with van der Waals surface area (Å²) in [7, 11) is 0. The molecule has 0 aliphatic heterocycles. The van der Waals surface area contributed by atoms with Gasteiger partial charge in [-0.15, -0.1) is 0 Å². The summed E-state index contributed by atoms with van der Waals surface area (Å²) < 4.78 is 11.3. The van der Waals surface area contributed by atoms with Crippen molar-refractivity contribution in [2.24, 2.45) is 0 Å². The minimum atomic E-state index is 0.773. The number of para-hydroxylation sites is 11. The molecule has 266 valence electrons. The molecule has 13 aromatic rings. The molecule has 0 radical (unpaired) electrons. The summed E-state index contributed by atoms with van der Waals surface area (Å²) in [6, 6.07) is 64.0. The monoisotopic (exact) mass is 730 g/mol. The van der Waals surface area contributed by atoms with E-state index in [-0.39, 0.29) is 0 Å². The first kappa shape index (κ1) is 30.4. The van der Waals surface area contributed by atoms with Gasteiger partial charge in [-0.25, -0.2) is 15.0 Å². The van der Waals surface area contributed by atoms with Crippen LogP contribution < -0.4 is 0 Å². The largest absolute Gasteiger partial charge is 0.294 e. The minimum Gasteiger partial charge on any atom is -0.294 e. The third kappa shape index (κ3) is 4.13. The lowest BCUT2D eigenvalue weighted by atomic mass is 10.0. The number of hydrogen-bond donors (Lipinski definition) is 0. The fourth-order valence-electron chi connectivity index (χ4n) is 9.13. The molecule has 0 unspecified atom stereocenters. The van der Waals surface area contributed by atoms with Gasteiger partial charge in [0.1, 0.15) is 11.6 Å². The standard InChI is InChI=1S/C49H30N8/c1-6-20-37(54-42-25-11-12-26-43(42)55-40-23-9-4-18-35(40)50-48(54)55)32(15-1)31-29-46(53-38-21-7-2-16-33(38)34-17-3-8-22-39(34)53)52-47(30-31)57-45-28-14-13-27-44(45)56-41-24-10-5-19-36(41)51-49(56)57/h1-30H. The molecule has 0 aliphatic carbocycles. The number of aromatic nitrogens is 8. The first-order chi connectivity index (χ1) is 28.3. The zero-order valence-corrected chi connectivity index (χ0v) is 30.4. The van der Waals surface area contributed by atoms with Crippen molar-refractivity contribution in [3.63, 3.8) is 0 Å². The van der Waals surface area contributed by atoms with Crippen LogP contribution in [0, 0.1) is 0 Å². The highest BCUT2D eigenvalue weighted by molar-refractivity contribution is 6.09. The smallest absolute Gasteiger partial charge is 0.221 e. The lowest BCUT2D eigenvalue weighted by molar-refractivity contribution is 0.996. The molecule has 7 aromatic carbocycles. The van der Waals surface area contributed by atoms with Gasteiger partial charge in [0.25, 0.3) is 0 Å². The molecule has 6 heterocycles. The van der Waals surface area contributed by atoms with E-state index in [0.717, 1.165) is 95.2 Å². The molecule has 13 rings (SSSR count). The Morgan fingerprint density at radius 2 is 0.737 bits per heavy atom. The van der Waals surface area contributed by atoms with E-state index in [1.165, 1.54) is 10.8 Å². The molecule has 8 nitrogen and oxygen atoms in total. The predicted octanol–water partition coefficient (Wildman–Crippen LogP) is 11.3. The minimum absolute atomic E-state index is 0.773. The quantitative estimate of drug-likeness (QED) is 0.181. The molecule has 0 atom stereocenters. The van der Waals surface area contributed by atoms with E-state index in [1.807, 2.05) is 6.07 Å². The summed E-state index contributed by atoms with van der Waals surface area (Å²) in [6.07, 6.45) is 0. The van der Waals surface area contributed by atoms with Gasteiger partial charge in [0.15, 0.2) is 0 Å². The molecular formula is C49H30N8. The van der Waals surface area contributed by atoms with Crippen molar-refractivity contribution in [1.82, 2.24) is 37.5 Å². The lowest BCUT2D eigenvalue weighted by Crippen LogP contribution is -2.06. The van der Waals surface area contributed by atoms with Gasteiger partial charge >= 0.3 is 0 Å². The Labute approximate surface area is 324 Å². The van der Waals surface area contributed by atoms with Crippen LogP contribution in [0.4, 0.5) is 0 Å². The molecule has 0 aliphatic rings. The third-order valence-electron chi connectivity index (χ3n) is 11.5. The molecule has 0 saturated heterocycles. The van der Waals surface area contributed by atoms with Crippen LogP contribution in [-0.2, 0) is 0 Å². The summed E-state index contributed by atoms with van der Waals surface area (Å²) in [5, 5.41) is 2.37. The second-order valence-corrected chi connectivity index (χ2v) is 14.6. The van der Waals surface area contributed by atoms with E-state index in [0.29, 0.717) is 0 Å². The number of imidazole rings is 4. The Bertz CT molecular complexity index is 3720. The van der Waals surface area contributed by atoms with Crippen molar-refractivity contribution in [1.29, 1.82) is 0 Å². The molecule has 0 spiro atoms. The third-order valence-corrected chi connectivity index (χ3v) is 11.5. The maximum Gasteiger partial charge on any atom is 0.221 e. The number of benzene rings is 7. The van der Waals surface area contributed by atoms with Crippen molar-refractivity contribution < 1.29 is 0 Å². The van der Waals surface area contributed by atoms with Gasteiger partial charge in [-0.05, 0) is 84.4 Å². The number of nitrogens with zero attached hydrogens (tertiary/aromatic N) is 8. The van der Waals surface area contributed by atoms with Crippen LogP contribution in [0.1, 0.15) is 0 Å². The second kappa shape index (κ2) is 11.3. The second-order valence-electron chi connectivity index (χ2n) is 14.6. The number of fused-ring (bicyclic) bond motifs is 13. The Hall–Kier alpha value is -7.97. The van der Waals surface area contributed by atoms with Gasteiger partial charge in [-0.2, -0.15) is 0 Å². The Balaban J connectivity index is 1.16. The van der Waals surface area contributed by atoms with E-state index in [4.69, 9.17) is 15.0 Å². The van der Waals surface area contributed by atoms with Crippen molar-refractivity contribution in [2.75, 3.05) is 0 Å². The van der Waals surface area contributed by atoms with Crippen molar-refractivity contribution in [3.05, 3.63) is 182 Å². The molecule has 0 amide bonds. The number of pyridine rings is 1. The van der Waals surface area contributed by atoms with Gasteiger partial charge in [0.2, 0.25) is 11.6 Å². The van der Waals surface area contributed by atoms with Crippen LogP contribution in [0.15, 0.2) is 182 Å². The fraction of sp³-hybridized carbons (Fsp3) is 0. The SMILES string of the molecule is c1ccc(-n2c3ccccc3n3c4ccccc4nc23)c(-c2cc(-n3c4ccccc4c4ccccc43)nc(-n3c4ccccc4n4c5ccccc5nc34)c2)c1. The van der Waals surface area contributed by atoms with E-state index in [2.05, 4.69) is 198 Å². The van der Waals surface area contributed by atoms with Crippen LogP contribution in [0.5, 0.6) is 0 Å². The van der Waals surface area contributed by atoms with Gasteiger partial charge < -0.3 is 0 Å². The van der Waals surface area contributed by atoms with Crippen molar-refractivity contribution in [3.8, 4) is 28.5 Å². The van der Waals surface area contributed by atoms with Crippen molar-refractivity contribution in [2.45, 2.75) is 0 Å².